The van der Waals surface area contributed by atoms with E-state index < -0.39 is 0 Å². The van der Waals surface area contributed by atoms with E-state index in [1.165, 1.54) is 5.56 Å². The molecule has 1 heterocycles. The Morgan fingerprint density at radius 3 is 2.93 bits per heavy atom. The molecule has 0 radical (unpaired) electrons. The van der Waals surface area contributed by atoms with Gasteiger partial charge in [0.1, 0.15) is 5.75 Å². The minimum absolute atomic E-state index is 0.0921. The molecular formula is C12H15NO2. The first-order chi connectivity index (χ1) is 7.19. The van der Waals surface area contributed by atoms with Gasteiger partial charge < -0.3 is 10.1 Å². The molecule has 1 aromatic rings. The van der Waals surface area contributed by atoms with E-state index in [0.29, 0.717) is 6.42 Å². The molecule has 0 aliphatic carbocycles. The summed E-state index contributed by atoms with van der Waals surface area (Å²) in [6.07, 6.45) is 1.35. The molecule has 1 atom stereocenters. The largest absolute Gasteiger partial charge is 0.497 e. The molecular weight excluding hydrogens is 190 g/mol. The Morgan fingerprint density at radius 2 is 2.20 bits per heavy atom. The average Bonchev–Trinajstić information content (AvgIpc) is 2.33. The molecule has 15 heavy (non-hydrogen) atoms. The highest BCUT2D eigenvalue weighted by Crippen LogP contribution is 2.21. The highest BCUT2D eigenvalue weighted by Gasteiger charge is 2.17. The molecule has 80 valence electrons. The summed E-state index contributed by atoms with van der Waals surface area (Å²) >= 11 is 0. The smallest absolute Gasteiger partial charge is 0.224 e. The van der Waals surface area contributed by atoms with Crippen molar-refractivity contribution >= 4 is 5.91 Å². The number of hydrogen-bond donors (Lipinski definition) is 1. The quantitative estimate of drug-likeness (QED) is 0.750. The predicted molar refractivity (Wildman–Crippen MR) is 58.0 cm³/mol. The lowest BCUT2D eigenvalue weighted by Gasteiger charge is -2.09. The first-order valence-electron chi connectivity index (χ1n) is 5.14. The Hall–Kier alpha value is -1.51. The summed E-state index contributed by atoms with van der Waals surface area (Å²) in [4.78, 5) is 11.5. The predicted octanol–water partition coefficient (Wildman–Crippen LogP) is 1.30. The molecule has 0 saturated heterocycles. The third-order valence-electron chi connectivity index (χ3n) is 2.70. The van der Waals surface area contributed by atoms with Gasteiger partial charge in [0, 0.05) is 6.04 Å². The van der Waals surface area contributed by atoms with Crippen molar-refractivity contribution in [2.24, 2.45) is 0 Å². The maximum Gasteiger partial charge on any atom is 0.224 e. The Kier molecular flexibility index (Phi) is 2.62. The van der Waals surface area contributed by atoms with Gasteiger partial charge in [0.25, 0.3) is 0 Å². The van der Waals surface area contributed by atoms with E-state index in [-0.39, 0.29) is 11.9 Å². The average molecular weight is 205 g/mol. The molecule has 1 N–H and O–H groups in total. The van der Waals surface area contributed by atoms with E-state index in [1.807, 2.05) is 25.1 Å². The highest BCUT2D eigenvalue weighted by atomic mass is 16.5. The summed E-state index contributed by atoms with van der Waals surface area (Å²) in [5.41, 5.74) is 2.32. The molecule has 1 unspecified atom stereocenters. The summed E-state index contributed by atoms with van der Waals surface area (Å²) in [5, 5.41) is 2.95. The number of carbonyl (C=O) groups is 1. The number of fused-ring (bicyclic) bond motifs is 1. The normalized spacial score (nSPS) is 20.1. The number of carbonyl (C=O) groups excluding carboxylic acids is 1. The summed E-state index contributed by atoms with van der Waals surface area (Å²) in [6.45, 7) is 2.03. The molecule has 0 saturated carbocycles. The number of methoxy groups -OCH3 is 1. The van der Waals surface area contributed by atoms with Crippen molar-refractivity contribution in [1.29, 1.82) is 0 Å². The molecule has 1 aliphatic rings. The Bertz CT molecular complexity index is 387. The fourth-order valence-electron chi connectivity index (χ4n) is 1.97. The second kappa shape index (κ2) is 3.93. The second-order valence-electron chi connectivity index (χ2n) is 3.98. The SMILES string of the molecule is COc1ccc2c(c1)CC(=O)NC(C)C2. The van der Waals surface area contributed by atoms with Gasteiger partial charge >= 0.3 is 0 Å². The van der Waals surface area contributed by atoms with Crippen LogP contribution in [-0.4, -0.2) is 19.1 Å². The van der Waals surface area contributed by atoms with Gasteiger partial charge in [-0.05, 0) is 36.6 Å². The topological polar surface area (TPSA) is 38.3 Å². The maximum atomic E-state index is 11.5. The Labute approximate surface area is 89.4 Å². The third-order valence-corrected chi connectivity index (χ3v) is 2.70. The van der Waals surface area contributed by atoms with Crippen LogP contribution < -0.4 is 10.1 Å². The molecule has 1 aromatic carbocycles. The van der Waals surface area contributed by atoms with Crippen LogP contribution in [0, 0.1) is 0 Å². The number of hydrogen-bond acceptors (Lipinski definition) is 2. The number of rotatable bonds is 1. The van der Waals surface area contributed by atoms with Crippen LogP contribution in [0.4, 0.5) is 0 Å². The zero-order valence-electron chi connectivity index (χ0n) is 9.04. The van der Waals surface area contributed by atoms with Gasteiger partial charge in [-0.3, -0.25) is 4.79 Å². The van der Waals surface area contributed by atoms with Crippen LogP contribution in [0.2, 0.25) is 0 Å². The second-order valence-corrected chi connectivity index (χ2v) is 3.98. The van der Waals surface area contributed by atoms with Crippen molar-refractivity contribution in [2.75, 3.05) is 7.11 Å². The Morgan fingerprint density at radius 1 is 1.40 bits per heavy atom. The molecule has 3 nitrogen and oxygen atoms in total. The van der Waals surface area contributed by atoms with Crippen molar-refractivity contribution < 1.29 is 9.53 Å². The van der Waals surface area contributed by atoms with Crippen LogP contribution in [0.15, 0.2) is 18.2 Å². The van der Waals surface area contributed by atoms with E-state index in [1.54, 1.807) is 7.11 Å². The van der Waals surface area contributed by atoms with Gasteiger partial charge in [0.15, 0.2) is 0 Å². The van der Waals surface area contributed by atoms with E-state index in [9.17, 15) is 4.79 Å². The number of amides is 1. The van der Waals surface area contributed by atoms with Crippen LogP contribution >= 0.6 is 0 Å². The summed E-state index contributed by atoms with van der Waals surface area (Å²) in [5.74, 6) is 0.908. The summed E-state index contributed by atoms with van der Waals surface area (Å²) in [7, 11) is 1.64. The van der Waals surface area contributed by atoms with Gasteiger partial charge in [0.2, 0.25) is 5.91 Å². The number of benzene rings is 1. The van der Waals surface area contributed by atoms with Crippen LogP contribution in [0.25, 0.3) is 0 Å². The monoisotopic (exact) mass is 205 g/mol. The standard InChI is InChI=1S/C12H15NO2/c1-8-5-9-3-4-11(15-2)6-10(9)7-12(14)13-8/h3-4,6,8H,5,7H2,1-2H3,(H,13,14). The number of ether oxygens (including phenoxy) is 1. The first-order valence-corrected chi connectivity index (χ1v) is 5.14. The van der Waals surface area contributed by atoms with Crippen molar-refractivity contribution in [3.8, 4) is 5.75 Å². The third kappa shape index (κ3) is 2.12. The van der Waals surface area contributed by atoms with Crippen molar-refractivity contribution in [3.05, 3.63) is 29.3 Å². The molecule has 0 spiro atoms. The van der Waals surface area contributed by atoms with Crippen molar-refractivity contribution in [2.45, 2.75) is 25.8 Å². The van der Waals surface area contributed by atoms with Gasteiger partial charge in [-0.1, -0.05) is 6.07 Å². The fraction of sp³-hybridized carbons (Fsp3) is 0.417. The maximum absolute atomic E-state index is 11.5. The lowest BCUT2D eigenvalue weighted by atomic mass is 10.0. The zero-order chi connectivity index (χ0) is 10.8. The van der Waals surface area contributed by atoms with Gasteiger partial charge in [-0.15, -0.1) is 0 Å². The van der Waals surface area contributed by atoms with Gasteiger partial charge in [-0.2, -0.15) is 0 Å². The zero-order valence-corrected chi connectivity index (χ0v) is 9.04. The van der Waals surface area contributed by atoms with E-state index in [2.05, 4.69) is 5.32 Å². The molecule has 0 fully saturated rings. The Balaban J connectivity index is 2.37. The molecule has 3 heteroatoms. The van der Waals surface area contributed by atoms with Crippen molar-refractivity contribution in [1.82, 2.24) is 5.32 Å². The van der Waals surface area contributed by atoms with Crippen LogP contribution in [0.5, 0.6) is 5.75 Å². The van der Waals surface area contributed by atoms with Crippen LogP contribution in [-0.2, 0) is 17.6 Å². The fourth-order valence-corrected chi connectivity index (χ4v) is 1.97. The molecule has 2 rings (SSSR count). The lowest BCUT2D eigenvalue weighted by molar-refractivity contribution is -0.120. The van der Waals surface area contributed by atoms with E-state index >= 15 is 0 Å². The molecule has 0 aromatic heterocycles. The summed E-state index contributed by atoms with van der Waals surface area (Å²) in [6, 6.07) is 6.16. The lowest BCUT2D eigenvalue weighted by Crippen LogP contribution is -2.32. The summed E-state index contributed by atoms with van der Waals surface area (Å²) < 4.78 is 5.15. The number of nitrogens with one attached hydrogen (secondary N) is 1. The first kappa shape index (κ1) is 10.0. The minimum atomic E-state index is 0.0921. The molecule has 1 aliphatic heterocycles. The minimum Gasteiger partial charge on any atom is -0.497 e. The van der Waals surface area contributed by atoms with Crippen molar-refractivity contribution in [3.63, 3.8) is 0 Å². The van der Waals surface area contributed by atoms with E-state index in [0.717, 1.165) is 17.7 Å². The van der Waals surface area contributed by atoms with Crippen LogP contribution in [0.3, 0.4) is 0 Å². The highest BCUT2D eigenvalue weighted by molar-refractivity contribution is 5.80. The van der Waals surface area contributed by atoms with Gasteiger partial charge in [-0.25, -0.2) is 0 Å². The molecule has 1 amide bonds. The van der Waals surface area contributed by atoms with Gasteiger partial charge in [0.05, 0.1) is 13.5 Å². The van der Waals surface area contributed by atoms with E-state index in [4.69, 9.17) is 4.74 Å². The molecule has 0 bridgehead atoms. The van der Waals surface area contributed by atoms with Crippen LogP contribution in [0.1, 0.15) is 18.1 Å².